The molecule has 2 aliphatic rings. The molecule has 2 heterocycles. The van der Waals surface area contributed by atoms with E-state index in [4.69, 9.17) is 21.3 Å². The second-order valence-electron chi connectivity index (χ2n) is 4.99. The van der Waals surface area contributed by atoms with Crippen LogP contribution in [-0.4, -0.2) is 50.7 Å². The van der Waals surface area contributed by atoms with Crippen LogP contribution < -0.4 is 10.6 Å². The minimum Gasteiger partial charge on any atom is -0.378 e. The van der Waals surface area contributed by atoms with Crippen molar-refractivity contribution >= 4 is 24.0 Å². The maximum atomic E-state index is 5.77. The fraction of sp³-hybridized carbons (Fsp3) is 0.571. The lowest BCUT2D eigenvalue weighted by Crippen LogP contribution is -2.33. The highest BCUT2D eigenvalue weighted by molar-refractivity contribution is 8.07. The molecule has 0 radical (unpaired) electrons. The number of rotatable bonds is 3. The van der Waals surface area contributed by atoms with Gasteiger partial charge < -0.3 is 14.8 Å². The molecule has 0 saturated carbocycles. The molecule has 1 N–H and O–H groups in total. The monoisotopic (exact) mass is 311 g/mol. The van der Waals surface area contributed by atoms with Gasteiger partial charge in [-0.05, 0) is 17.7 Å². The number of hydrogen-bond donors (Lipinski definition) is 1. The minimum absolute atomic E-state index is 0.178. The first-order chi connectivity index (χ1) is 9.84. The fourth-order valence-corrected chi connectivity index (χ4v) is 4.61. The first-order valence-electron chi connectivity index (χ1n) is 7.07. The molecular formula is C14H20N2O2PS+. The summed E-state index contributed by atoms with van der Waals surface area (Å²) in [7, 11) is 0. The Labute approximate surface area is 125 Å². The molecule has 2 fully saturated rings. The van der Waals surface area contributed by atoms with E-state index >= 15 is 0 Å². The second kappa shape index (κ2) is 7.03. The molecule has 2 saturated heterocycles. The molecule has 2 aliphatic heterocycles. The van der Waals surface area contributed by atoms with Crippen molar-refractivity contribution in [2.45, 2.75) is 6.10 Å². The van der Waals surface area contributed by atoms with Crippen LogP contribution in [0.2, 0.25) is 0 Å². The van der Waals surface area contributed by atoms with E-state index < -0.39 is 6.85 Å². The Morgan fingerprint density at radius 3 is 2.55 bits per heavy atom. The number of morpholine rings is 2. The molecular weight excluding hydrogens is 291 g/mol. The number of hydrogen-bond acceptors (Lipinski definition) is 4. The number of nitrogens with zero attached hydrogens (tertiary/aromatic N) is 1. The molecule has 4 nitrogen and oxygen atoms in total. The van der Waals surface area contributed by atoms with Crippen molar-refractivity contribution in [3.05, 3.63) is 29.8 Å². The lowest BCUT2D eigenvalue weighted by Gasteiger charge is -2.24. The van der Waals surface area contributed by atoms with Crippen LogP contribution in [0.3, 0.4) is 0 Å². The lowest BCUT2D eigenvalue weighted by molar-refractivity contribution is 0.0277. The van der Waals surface area contributed by atoms with Crippen molar-refractivity contribution < 1.29 is 9.47 Å². The Balaban J connectivity index is 1.67. The molecule has 0 aromatic heterocycles. The molecule has 0 bridgehead atoms. The van der Waals surface area contributed by atoms with E-state index in [-0.39, 0.29) is 6.10 Å². The summed E-state index contributed by atoms with van der Waals surface area (Å²) in [6, 6.07) is 8.66. The van der Waals surface area contributed by atoms with Crippen molar-refractivity contribution in [3.63, 3.8) is 0 Å². The smallest absolute Gasteiger partial charge is 0.306 e. The Morgan fingerprint density at radius 2 is 1.90 bits per heavy atom. The zero-order valence-electron chi connectivity index (χ0n) is 11.5. The number of ether oxygens (including phenoxy) is 2. The lowest BCUT2D eigenvalue weighted by atomic mass is 10.1. The van der Waals surface area contributed by atoms with Crippen LogP contribution in [0.25, 0.3) is 0 Å². The van der Waals surface area contributed by atoms with Gasteiger partial charge in [-0.25, -0.2) is 0 Å². The van der Waals surface area contributed by atoms with Gasteiger partial charge in [-0.15, -0.1) is 4.67 Å². The third-order valence-electron chi connectivity index (χ3n) is 3.66. The van der Waals surface area contributed by atoms with Gasteiger partial charge in [-0.1, -0.05) is 12.1 Å². The topological polar surface area (TPSA) is 33.7 Å². The van der Waals surface area contributed by atoms with Crippen LogP contribution in [0, 0.1) is 0 Å². The van der Waals surface area contributed by atoms with Crippen molar-refractivity contribution in [2.75, 3.05) is 46.0 Å². The average Bonchev–Trinajstić information content (AvgIpc) is 2.56. The summed E-state index contributed by atoms with van der Waals surface area (Å²) >= 11 is 5.72. The van der Waals surface area contributed by atoms with Gasteiger partial charge in [0.15, 0.2) is 17.1 Å². The first-order valence-corrected chi connectivity index (χ1v) is 9.37. The summed E-state index contributed by atoms with van der Waals surface area (Å²) in [5.74, 6) is 0. The van der Waals surface area contributed by atoms with Crippen molar-refractivity contribution in [1.29, 1.82) is 0 Å². The third kappa shape index (κ3) is 3.42. The van der Waals surface area contributed by atoms with Crippen LogP contribution in [0.15, 0.2) is 24.3 Å². The van der Waals surface area contributed by atoms with Crippen molar-refractivity contribution in [1.82, 2.24) is 9.99 Å². The largest absolute Gasteiger partial charge is 0.378 e. The molecule has 20 heavy (non-hydrogen) atoms. The van der Waals surface area contributed by atoms with Gasteiger partial charge in [0, 0.05) is 13.1 Å². The second-order valence-corrected chi connectivity index (χ2v) is 7.66. The molecule has 6 heteroatoms. The zero-order valence-corrected chi connectivity index (χ0v) is 13.2. The maximum Gasteiger partial charge on any atom is 0.306 e. The number of nitrogens with one attached hydrogen (secondary N) is 1. The predicted molar refractivity (Wildman–Crippen MR) is 84.3 cm³/mol. The van der Waals surface area contributed by atoms with E-state index in [1.54, 1.807) is 0 Å². The first kappa shape index (κ1) is 14.5. The van der Waals surface area contributed by atoms with Gasteiger partial charge in [0.1, 0.15) is 0 Å². The summed E-state index contributed by atoms with van der Waals surface area (Å²) in [5.41, 5.74) is 1.24. The van der Waals surface area contributed by atoms with E-state index in [2.05, 4.69) is 34.3 Å². The summed E-state index contributed by atoms with van der Waals surface area (Å²) in [6.45, 7) is 5.49. The Hall–Kier alpha value is -0.420. The molecule has 0 aliphatic carbocycles. The van der Waals surface area contributed by atoms with Crippen LogP contribution in [0.4, 0.5) is 0 Å². The summed E-state index contributed by atoms with van der Waals surface area (Å²) in [6.07, 6.45) is 0.178. The van der Waals surface area contributed by atoms with Gasteiger partial charge in [0.05, 0.1) is 39.0 Å². The molecule has 1 aromatic carbocycles. The summed E-state index contributed by atoms with van der Waals surface area (Å²) in [4.78, 5) is 0. The van der Waals surface area contributed by atoms with E-state index in [1.807, 2.05) is 0 Å². The highest BCUT2D eigenvalue weighted by Gasteiger charge is 2.27. The van der Waals surface area contributed by atoms with Gasteiger partial charge in [0.2, 0.25) is 0 Å². The van der Waals surface area contributed by atoms with Crippen LogP contribution in [0.1, 0.15) is 11.7 Å². The standard InChI is InChI=1S/C14H20N2O2PS/c20-19(16-6-9-17-10-7-16)13-3-1-12(2-4-13)14-11-15-5-8-18-14/h1-4,14-15H,5-11H2/q+1. The molecule has 1 aromatic rings. The summed E-state index contributed by atoms with van der Waals surface area (Å²) < 4.78 is 13.5. The minimum atomic E-state index is -0.643. The highest BCUT2D eigenvalue weighted by Crippen LogP contribution is 2.28. The fourth-order valence-electron chi connectivity index (χ4n) is 2.49. The van der Waals surface area contributed by atoms with E-state index in [9.17, 15) is 0 Å². The zero-order chi connectivity index (χ0) is 13.8. The summed E-state index contributed by atoms with van der Waals surface area (Å²) in [5, 5.41) is 4.61. The van der Waals surface area contributed by atoms with Crippen LogP contribution >= 0.6 is 6.85 Å². The molecule has 3 rings (SSSR count). The van der Waals surface area contributed by atoms with Crippen LogP contribution in [0.5, 0.6) is 0 Å². The van der Waals surface area contributed by atoms with Gasteiger partial charge >= 0.3 is 6.85 Å². The van der Waals surface area contributed by atoms with E-state index in [0.29, 0.717) is 0 Å². The molecule has 108 valence electrons. The van der Waals surface area contributed by atoms with Crippen LogP contribution in [-0.2, 0) is 21.3 Å². The average molecular weight is 311 g/mol. The Bertz CT molecular complexity index is 457. The normalized spacial score (nSPS) is 25.4. The quantitative estimate of drug-likeness (QED) is 0.848. The van der Waals surface area contributed by atoms with Gasteiger partial charge in [0.25, 0.3) is 0 Å². The molecule has 0 amide bonds. The Morgan fingerprint density at radius 1 is 1.15 bits per heavy atom. The van der Waals surface area contributed by atoms with E-state index in [1.165, 1.54) is 10.9 Å². The SMILES string of the molecule is S=[P+](c1ccc(C2CNCCO2)cc1)N1CCOCC1. The van der Waals surface area contributed by atoms with E-state index in [0.717, 1.165) is 46.0 Å². The highest BCUT2D eigenvalue weighted by atomic mass is 32.4. The third-order valence-corrected chi connectivity index (χ3v) is 6.64. The Kier molecular flexibility index (Phi) is 5.10. The molecule has 0 spiro atoms. The predicted octanol–water partition coefficient (Wildman–Crippen LogP) is 1.16. The van der Waals surface area contributed by atoms with Crippen molar-refractivity contribution in [2.24, 2.45) is 0 Å². The molecule has 2 unspecified atom stereocenters. The molecule has 2 atom stereocenters. The van der Waals surface area contributed by atoms with Gasteiger partial charge in [-0.3, -0.25) is 0 Å². The van der Waals surface area contributed by atoms with Crippen molar-refractivity contribution in [3.8, 4) is 0 Å². The maximum absolute atomic E-state index is 5.77. The number of benzene rings is 1. The van der Waals surface area contributed by atoms with Gasteiger partial charge in [-0.2, -0.15) is 0 Å².